The monoisotopic (exact) mass is 219 g/mol. The molecular formula is C12H17N3O. The van der Waals surface area contributed by atoms with Gasteiger partial charge in [-0.05, 0) is 18.6 Å². The second-order valence-corrected chi connectivity index (χ2v) is 3.73. The van der Waals surface area contributed by atoms with Gasteiger partial charge in [0.15, 0.2) is 0 Å². The van der Waals surface area contributed by atoms with Gasteiger partial charge in [-0.25, -0.2) is 0 Å². The van der Waals surface area contributed by atoms with Crippen molar-refractivity contribution in [3.8, 4) is 11.8 Å². The molecule has 0 saturated carbocycles. The highest BCUT2D eigenvalue weighted by atomic mass is 16.5. The summed E-state index contributed by atoms with van der Waals surface area (Å²) in [5.41, 5.74) is 7.47. The Morgan fingerprint density at radius 1 is 1.44 bits per heavy atom. The van der Waals surface area contributed by atoms with Crippen LogP contribution in [0.5, 0.6) is 5.75 Å². The van der Waals surface area contributed by atoms with Crippen molar-refractivity contribution in [2.75, 3.05) is 31.3 Å². The van der Waals surface area contributed by atoms with Gasteiger partial charge in [-0.1, -0.05) is 0 Å². The van der Waals surface area contributed by atoms with E-state index in [-0.39, 0.29) is 0 Å². The van der Waals surface area contributed by atoms with Crippen molar-refractivity contribution in [1.82, 2.24) is 0 Å². The molecule has 0 radical (unpaired) electrons. The number of rotatable bonds is 5. The molecule has 0 saturated heterocycles. The van der Waals surface area contributed by atoms with Gasteiger partial charge in [0.05, 0.1) is 18.4 Å². The fourth-order valence-electron chi connectivity index (χ4n) is 1.26. The molecule has 0 unspecified atom stereocenters. The number of ether oxygens (including phenoxy) is 1. The van der Waals surface area contributed by atoms with E-state index in [0.717, 1.165) is 12.1 Å². The van der Waals surface area contributed by atoms with Gasteiger partial charge >= 0.3 is 0 Å². The highest BCUT2D eigenvalue weighted by molar-refractivity contribution is 5.61. The van der Waals surface area contributed by atoms with Gasteiger partial charge in [0.25, 0.3) is 0 Å². The number of nitrogens with zero attached hydrogens (tertiary/aromatic N) is 2. The Morgan fingerprint density at radius 3 is 2.81 bits per heavy atom. The van der Waals surface area contributed by atoms with E-state index in [0.29, 0.717) is 24.5 Å². The quantitative estimate of drug-likeness (QED) is 0.608. The van der Waals surface area contributed by atoms with Crippen LogP contribution in [-0.4, -0.2) is 20.7 Å². The molecule has 0 spiro atoms. The second-order valence-electron chi connectivity index (χ2n) is 3.73. The lowest BCUT2D eigenvalue weighted by Gasteiger charge is -2.15. The summed E-state index contributed by atoms with van der Waals surface area (Å²) in [6.45, 7) is 0.522. The molecule has 16 heavy (non-hydrogen) atoms. The minimum Gasteiger partial charge on any atom is -0.491 e. The van der Waals surface area contributed by atoms with Crippen LogP contribution < -0.4 is 15.4 Å². The fourth-order valence-corrected chi connectivity index (χ4v) is 1.26. The van der Waals surface area contributed by atoms with Gasteiger partial charge in [0, 0.05) is 32.3 Å². The summed E-state index contributed by atoms with van der Waals surface area (Å²) in [7, 11) is 3.93. The standard InChI is InChI=1S/C12H17N3O/c1-15(2)10-5-6-11(14)12(9-10)16-8-4-3-7-13/h5-6,9H,3-4,8,14H2,1-2H3. The Balaban J connectivity index is 2.64. The molecule has 0 amide bonds. The average Bonchev–Trinajstić information content (AvgIpc) is 2.26. The van der Waals surface area contributed by atoms with E-state index in [4.69, 9.17) is 15.7 Å². The molecule has 1 rings (SSSR count). The molecule has 0 heterocycles. The Labute approximate surface area is 96.2 Å². The third-order valence-corrected chi connectivity index (χ3v) is 2.20. The van der Waals surface area contributed by atoms with Crippen molar-refractivity contribution in [1.29, 1.82) is 5.26 Å². The second kappa shape index (κ2) is 5.86. The maximum absolute atomic E-state index is 8.40. The van der Waals surface area contributed by atoms with Gasteiger partial charge < -0.3 is 15.4 Å². The van der Waals surface area contributed by atoms with Gasteiger partial charge in [-0.15, -0.1) is 0 Å². The Bertz CT molecular complexity index is 382. The molecule has 1 aromatic carbocycles. The number of nitrogen functional groups attached to an aromatic ring is 1. The lowest BCUT2D eigenvalue weighted by Crippen LogP contribution is -2.09. The van der Waals surface area contributed by atoms with Crippen LogP contribution in [0, 0.1) is 11.3 Å². The van der Waals surface area contributed by atoms with Crippen LogP contribution >= 0.6 is 0 Å². The predicted octanol–water partition coefficient (Wildman–Crippen LogP) is 2.02. The van der Waals surface area contributed by atoms with Gasteiger partial charge in [-0.3, -0.25) is 0 Å². The van der Waals surface area contributed by atoms with Gasteiger partial charge in [0.2, 0.25) is 0 Å². The molecule has 4 heteroatoms. The molecule has 86 valence electrons. The van der Waals surface area contributed by atoms with Crippen molar-refractivity contribution in [2.45, 2.75) is 12.8 Å². The number of nitrogens with two attached hydrogens (primary N) is 1. The molecule has 0 atom stereocenters. The fraction of sp³-hybridized carbons (Fsp3) is 0.417. The highest BCUT2D eigenvalue weighted by Gasteiger charge is 2.03. The molecule has 2 N–H and O–H groups in total. The van der Waals surface area contributed by atoms with E-state index in [1.54, 1.807) is 0 Å². The van der Waals surface area contributed by atoms with E-state index in [2.05, 4.69) is 6.07 Å². The lowest BCUT2D eigenvalue weighted by molar-refractivity contribution is 0.314. The van der Waals surface area contributed by atoms with Crippen LogP contribution in [0.15, 0.2) is 18.2 Å². The van der Waals surface area contributed by atoms with Gasteiger partial charge in [-0.2, -0.15) is 5.26 Å². The zero-order valence-electron chi connectivity index (χ0n) is 9.73. The summed E-state index contributed by atoms with van der Waals surface area (Å²) < 4.78 is 5.53. The number of nitriles is 1. The summed E-state index contributed by atoms with van der Waals surface area (Å²) in [5.74, 6) is 0.684. The number of hydrogen-bond acceptors (Lipinski definition) is 4. The Hall–Kier alpha value is -1.89. The van der Waals surface area contributed by atoms with Crippen LogP contribution in [0.3, 0.4) is 0 Å². The Morgan fingerprint density at radius 2 is 2.19 bits per heavy atom. The first-order valence-electron chi connectivity index (χ1n) is 5.21. The molecule has 0 aliphatic heterocycles. The average molecular weight is 219 g/mol. The van der Waals surface area contributed by atoms with E-state index in [9.17, 15) is 0 Å². The van der Waals surface area contributed by atoms with E-state index >= 15 is 0 Å². The van der Waals surface area contributed by atoms with Crippen LogP contribution in [0.25, 0.3) is 0 Å². The minimum atomic E-state index is 0.507. The smallest absolute Gasteiger partial charge is 0.144 e. The van der Waals surface area contributed by atoms with Crippen LogP contribution in [0.2, 0.25) is 0 Å². The summed E-state index contributed by atoms with van der Waals surface area (Å²) in [6, 6.07) is 7.75. The molecule has 0 bridgehead atoms. The summed E-state index contributed by atoms with van der Waals surface area (Å²) in [4.78, 5) is 1.99. The van der Waals surface area contributed by atoms with E-state index in [1.165, 1.54) is 0 Å². The number of hydrogen-bond donors (Lipinski definition) is 1. The first kappa shape index (κ1) is 12.2. The SMILES string of the molecule is CN(C)c1ccc(N)c(OCCCC#N)c1. The number of anilines is 2. The summed E-state index contributed by atoms with van der Waals surface area (Å²) in [6.07, 6.45) is 1.23. The van der Waals surface area contributed by atoms with Crippen LogP contribution in [-0.2, 0) is 0 Å². The maximum Gasteiger partial charge on any atom is 0.144 e. The molecule has 1 aromatic rings. The number of benzene rings is 1. The molecule has 0 aliphatic rings. The lowest BCUT2D eigenvalue weighted by atomic mass is 10.2. The first-order valence-corrected chi connectivity index (χ1v) is 5.21. The summed E-state index contributed by atoms with van der Waals surface area (Å²) >= 11 is 0. The van der Waals surface area contributed by atoms with Gasteiger partial charge in [0.1, 0.15) is 5.75 Å². The van der Waals surface area contributed by atoms with Crippen molar-refractivity contribution >= 4 is 11.4 Å². The van der Waals surface area contributed by atoms with Crippen molar-refractivity contribution in [3.63, 3.8) is 0 Å². The van der Waals surface area contributed by atoms with Crippen LogP contribution in [0.1, 0.15) is 12.8 Å². The van der Waals surface area contributed by atoms with Crippen molar-refractivity contribution in [2.24, 2.45) is 0 Å². The molecule has 0 fully saturated rings. The maximum atomic E-state index is 8.40. The normalized spacial score (nSPS) is 9.56. The zero-order valence-corrected chi connectivity index (χ0v) is 9.73. The third kappa shape index (κ3) is 3.35. The van der Waals surface area contributed by atoms with Crippen LogP contribution in [0.4, 0.5) is 11.4 Å². The molecule has 4 nitrogen and oxygen atoms in total. The first-order chi connectivity index (χ1) is 7.65. The molecule has 0 aromatic heterocycles. The highest BCUT2D eigenvalue weighted by Crippen LogP contribution is 2.26. The molecule has 0 aliphatic carbocycles. The largest absolute Gasteiger partial charge is 0.491 e. The number of unbranched alkanes of at least 4 members (excludes halogenated alkanes) is 1. The third-order valence-electron chi connectivity index (χ3n) is 2.20. The van der Waals surface area contributed by atoms with E-state index in [1.807, 2.05) is 37.2 Å². The van der Waals surface area contributed by atoms with E-state index < -0.39 is 0 Å². The Kier molecular flexibility index (Phi) is 4.46. The topological polar surface area (TPSA) is 62.3 Å². The molecular weight excluding hydrogens is 202 g/mol. The predicted molar refractivity (Wildman–Crippen MR) is 65.5 cm³/mol. The van der Waals surface area contributed by atoms with Crippen molar-refractivity contribution in [3.05, 3.63) is 18.2 Å². The summed E-state index contributed by atoms with van der Waals surface area (Å²) in [5, 5.41) is 8.40. The zero-order chi connectivity index (χ0) is 12.0. The van der Waals surface area contributed by atoms with Crippen molar-refractivity contribution < 1.29 is 4.74 Å². The minimum absolute atomic E-state index is 0.507.